The molecule has 1 aromatic rings. The van der Waals surface area contributed by atoms with Crippen molar-refractivity contribution in [3.63, 3.8) is 0 Å². The van der Waals surface area contributed by atoms with Crippen LogP contribution >= 0.6 is 12.4 Å². The number of amides is 1. The minimum absolute atomic E-state index is 0. The normalized spacial score (nSPS) is 26.8. The van der Waals surface area contributed by atoms with Gasteiger partial charge in [-0.1, -0.05) is 12.1 Å². The molecule has 1 fully saturated rings. The number of fused-ring (bicyclic) bond motifs is 3. The molecule has 2 N–H and O–H groups in total. The first-order valence-corrected chi connectivity index (χ1v) is 5.79. The Kier molecular flexibility index (Phi) is 3.40. The molecule has 1 saturated heterocycles. The fourth-order valence-corrected chi connectivity index (χ4v) is 3.06. The fraction of sp³-hybridized carbons (Fsp3) is 0.462. The van der Waals surface area contributed by atoms with E-state index in [9.17, 15) is 4.79 Å². The Morgan fingerprint density at radius 2 is 2.29 bits per heavy atom. The Balaban J connectivity index is 0.00000108. The van der Waals surface area contributed by atoms with Gasteiger partial charge in [0.15, 0.2) is 0 Å². The monoisotopic (exact) mass is 251 g/mol. The van der Waals surface area contributed by atoms with Crippen LogP contribution in [0.4, 0.5) is 0 Å². The SMILES string of the molecule is Cl.NC(=O)C1CCN2CCc3cc[c]cc3C12. The quantitative estimate of drug-likeness (QED) is 0.818. The molecule has 2 unspecified atom stereocenters. The first kappa shape index (κ1) is 12.4. The summed E-state index contributed by atoms with van der Waals surface area (Å²) in [7, 11) is 0. The predicted octanol–water partition coefficient (Wildman–Crippen LogP) is 1.31. The van der Waals surface area contributed by atoms with Gasteiger partial charge in [0.05, 0.1) is 5.92 Å². The maximum atomic E-state index is 11.5. The van der Waals surface area contributed by atoms with Gasteiger partial charge in [0, 0.05) is 12.6 Å². The molecule has 2 aliphatic rings. The molecule has 0 spiro atoms. The summed E-state index contributed by atoms with van der Waals surface area (Å²) in [5, 5.41) is 0. The van der Waals surface area contributed by atoms with Gasteiger partial charge in [0.1, 0.15) is 0 Å². The number of benzene rings is 1. The summed E-state index contributed by atoms with van der Waals surface area (Å²) in [6, 6.07) is 9.40. The standard InChI is InChI=1S/C13H15N2O.ClH/c14-13(16)11-6-8-15-7-5-9-3-1-2-4-10(9)12(11)15;/h1,3-4,11-12H,5-8H2,(H2,14,16);1H. The number of nitrogens with zero attached hydrogens (tertiary/aromatic N) is 1. The number of hydrogen-bond donors (Lipinski definition) is 1. The average Bonchev–Trinajstić information content (AvgIpc) is 2.73. The topological polar surface area (TPSA) is 46.3 Å². The highest BCUT2D eigenvalue weighted by Crippen LogP contribution is 2.41. The van der Waals surface area contributed by atoms with Gasteiger partial charge in [0.25, 0.3) is 0 Å². The minimum atomic E-state index is -0.163. The van der Waals surface area contributed by atoms with Crippen molar-refractivity contribution in [1.29, 1.82) is 0 Å². The van der Waals surface area contributed by atoms with Crippen molar-refractivity contribution < 1.29 is 4.79 Å². The summed E-state index contributed by atoms with van der Waals surface area (Å²) in [5.41, 5.74) is 8.10. The molecule has 1 radical (unpaired) electrons. The second-order valence-corrected chi connectivity index (χ2v) is 4.65. The number of carbonyl (C=O) groups excluding carboxylic acids is 1. The van der Waals surface area contributed by atoms with E-state index in [1.807, 2.05) is 12.1 Å². The highest BCUT2D eigenvalue weighted by Gasteiger charge is 2.41. The Hall–Kier alpha value is -1.06. The van der Waals surface area contributed by atoms with Crippen molar-refractivity contribution in [2.75, 3.05) is 13.1 Å². The first-order valence-electron chi connectivity index (χ1n) is 5.79. The molecule has 4 heteroatoms. The van der Waals surface area contributed by atoms with E-state index in [2.05, 4.69) is 17.0 Å². The highest BCUT2D eigenvalue weighted by molar-refractivity contribution is 5.85. The molecule has 0 bridgehead atoms. The molecule has 91 valence electrons. The molecule has 2 aliphatic heterocycles. The third-order valence-corrected chi connectivity index (χ3v) is 3.84. The van der Waals surface area contributed by atoms with E-state index in [1.54, 1.807) is 0 Å². The number of hydrogen-bond acceptors (Lipinski definition) is 2. The molecule has 0 aromatic heterocycles. The Labute approximate surface area is 107 Å². The number of rotatable bonds is 1. The van der Waals surface area contributed by atoms with Gasteiger partial charge in [-0.2, -0.15) is 0 Å². The molecule has 2 heterocycles. The van der Waals surface area contributed by atoms with Crippen molar-refractivity contribution in [3.05, 3.63) is 35.4 Å². The lowest BCUT2D eigenvalue weighted by Gasteiger charge is -2.33. The molecule has 3 rings (SSSR count). The lowest BCUT2D eigenvalue weighted by Crippen LogP contribution is -2.36. The van der Waals surface area contributed by atoms with Gasteiger partial charge in [-0.15, -0.1) is 12.4 Å². The molecule has 17 heavy (non-hydrogen) atoms. The van der Waals surface area contributed by atoms with Gasteiger partial charge < -0.3 is 5.73 Å². The zero-order valence-electron chi connectivity index (χ0n) is 9.56. The number of carbonyl (C=O) groups is 1. The summed E-state index contributed by atoms with van der Waals surface area (Å²) in [4.78, 5) is 13.8. The third-order valence-electron chi connectivity index (χ3n) is 3.84. The maximum absolute atomic E-state index is 11.5. The zero-order valence-corrected chi connectivity index (χ0v) is 10.4. The van der Waals surface area contributed by atoms with E-state index in [4.69, 9.17) is 5.73 Å². The molecule has 0 aliphatic carbocycles. The number of halogens is 1. The molecule has 1 aromatic carbocycles. The number of primary amides is 1. The summed E-state index contributed by atoms with van der Waals surface area (Å²) in [6.07, 6.45) is 1.97. The molecule has 1 amide bonds. The fourth-order valence-electron chi connectivity index (χ4n) is 3.06. The first-order chi connectivity index (χ1) is 7.77. The maximum Gasteiger partial charge on any atom is 0.222 e. The largest absolute Gasteiger partial charge is 0.369 e. The smallest absolute Gasteiger partial charge is 0.222 e. The summed E-state index contributed by atoms with van der Waals surface area (Å²) in [5.74, 6) is -0.181. The molecular weight excluding hydrogens is 236 g/mol. The summed E-state index contributed by atoms with van der Waals surface area (Å²) in [6.45, 7) is 2.04. The lowest BCUT2D eigenvalue weighted by atomic mass is 9.87. The van der Waals surface area contributed by atoms with Gasteiger partial charge in [-0.05, 0) is 42.6 Å². The lowest BCUT2D eigenvalue weighted by molar-refractivity contribution is -0.122. The zero-order chi connectivity index (χ0) is 11.1. The van der Waals surface area contributed by atoms with E-state index in [0.717, 1.165) is 25.9 Å². The van der Waals surface area contributed by atoms with Gasteiger partial charge in [0.2, 0.25) is 5.91 Å². The van der Waals surface area contributed by atoms with Gasteiger partial charge in [-0.25, -0.2) is 0 Å². The summed E-state index contributed by atoms with van der Waals surface area (Å²) < 4.78 is 0. The highest BCUT2D eigenvalue weighted by atomic mass is 35.5. The van der Waals surface area contributed by atoms with Crippen LogP contribution in [-0.2, 0) is 11.2 Å². The van der Waals surface area contributed by atoms with Gasteiger partial charge in [-0.3, -0.25) is 9.69 Å². The van der Waals surface area contributed by atoms with Gasteiger partial charge >= 0.3 is 0 Å². The van der Waals surface area contributed by atoms with E-state index in [-0.39, 0.29) is 30.3 Å². The van der Waals surface area contributed by atoms with Crippen LogP contribution < -0.4 is 5.73 Å². The van der Waals surface area contributed by atoms with Crippen molar-refractivity contribution in [3.8, 4) is 0 Å². The van der Waals surface area contributed by atoms with Crippen molar-refractivity contribution in [2.24, 2.45) is 11.7 Å². The van der Waals surface area contributed by atoms with Crippen LogP contribution in [0.25, 0.3) is 0 Å². The molecular formula is C13H16ClN2O. The summed E-state index contributed by atoms with van der Waals surface area (Å²) >= 11 is 0. The Bertz CT molecular complexity index is 435. The Morgan fingerprint density at radius 1 is 1.47 bits per heavy atom. The minimum Gasteiger partial charge on any atom is -0.369 e. The van der Waals surface area contributed by atoms with Crippen LogP contribution in [0.3, 0.4) is 0 Å². The van der Waals surface area contributed by atoms with Crippen LogP contribution in [0.15, 0.2) is 18.2 Å². The Morgan fingerprint density at radius 3 is 3.06 bits per heavy atom. The van der Waals surface area contributed by atoms with Crippen LogP contribution in [0.2, 0.25) is 0 Å². The molecule has 2 atom stereocenters. The number of nitrogens with two attached hydrogens (primary N) is 1. The van der Waals surface area contributed by atoms with Crippen LogP contribution in [0.1, 0.15) is 23.6 Å². The predicted molar refractivity (Wildman–Crippen MR) is 67.8 cm³/mol. The van der Waals surface area contributed by atoms with Crippen LogP contribution in [0, 0.1) is 12.0 Å². The average molecular weight is 252 g/mol. The van der Waals surface area contributed by atoms with E-state index in [0.29, 0.717) is 0 Å². The van der Waals surface area contributed by atoms with Crippen molar-refractivity contribution in [1.82, 2.24) is 4.90 Å². The second-order valence-electron chi connectivity index (χ2n) is 4.65. The van der Waals surface area contributed by atoms with Crippen LogP contribution in [0.5, 0.6) is 0 Å². The van der Waals surface area contributed by atoms with E-state index in [1.165, 1.54) is 11.1 Å². The van der Waals surface area contributed by atoms with E-state index >= 15 is 0 Å². The van der Waals surface area contributed by atoms with E-state index < -0.39 is 0 Å². The second kappa shape index (κ2) is 4.67. The van der Waals surface area contributed by atoms with Crippen molar-refractivity contribution in [2.45, 2.75) is 18.9 Å². The molecule has 0 saturated carbocycles. The molecule has 3 nitrogen and oxygen atoms in total. The van der Waals surface area contributed by atoms with Crippen LogP contribution in [-0.4, -0.2) is 23.9 Å². The van der Waals surface area contributed by atoms with Crippen molar-refractivity contribution >= 4 is 18.3 Å². The third kappa shape index (κ3) is 1.94.